The molecule has 0 fully saturated rings. The molecule has 0 aliphatic rings. The third-order valence-electron chi connectivity index (χ3n) is 7.79. The van der Waals surface area contributed by atoms with Gasteiger partial charge in [0, 0.05) is 0 Å². The zero-order valence-electron chi connectivity index (χ0n) is 23.0. The van der Waals surface area contributed by atoms with Crippen molar-refractivity contribution in [3.8, 4) is 0 Å². The van der Waals surface area contributed by atoms with Gasteiger partial charge in [0.2, 0.25) is 0 Å². The number of hydrogen-bond donors (Lipinski definition) is 0. The maximum atomic E-state index is 14.6. The molecule has 0 aromatic heterocycles. The summed E-state index contributed by atoms with van der Waals surface area (Å²) in [5, 5.41) is 7.03. The van der Waals surface area contributed by atoms with Crippen LogP contribution in [0.15, 0.2) is 182 Å². The quantitative estimate of drug-likeness (QED) is 0.0929. The summed E-state index contributed by atoms with van der Waals surface area (Å²) in [7, 11) is 8.69. The molecular weight excluding hydrogens is 661 g/mol. The van der Waals surface area contributed by atoms with Gasteiger partial charge in [-0.25, -0.2) is 0 Å². The number of carbonyl (C=O) groups excluding carboxylic acids is 1. The van der Waals surface area contributed by atoms with Gasteiger partial charge in [-0.15, -0.1) is 0 Å². The Balaban J connectivity index is 1.90. The summed E-state index contributed by atoms with van der Waals surface area (Å²) in [4.78, 5) is 15.8. The van der Waals surface area contributed by atoms with E-state index in [1.807, 2.05) is 0 Å². The molecule has 0 amide bonds. The Kier molecular flexibility index (Phi) is 8.63. The Hall–Kier alpha value is -3.24. The molecule has 6 aromatic rings. The first-order valence-corrected chi connectivity index (χ1v) is 25.5. The molecule has 0 N–H and O–H groups in total. The van der Waals surface area contributed by atoms with Crippen LogP contribution in [-0.2, 0) is 17.6 Å². The van der Waals surface area contributed by atoms with Crippen LogP contribution in [0, 0.1) is 0 Å². The number of hydrogen-bond acceptors (Lipinski definition) is 1. The van der Waals surface area contributed by atoms with Crippen molar-refractivity contribution in [3.05, 3.63) is 182 Å². The molecule has 213 valence electrons. The van der Waals surface area contributed by atoms with Gasteiger partial charge in [0.15, 0.2) is 0 Å². The first-order chi connectivity index (χ1) is 20.7. The standard InChI is InChI=1S/2C18H15P.CHO.ClH.Rh/c2*1-4-10-16(11-5-1)19(17-12-6-2-7-13-17)18-14-8-3-9-15-18;1-2;;/h2*1-15H;1H;1H;/q;;;;-1/p+1. The molecule has 5 heteroatoms. The molecule has 0 bridgehead atoms. The fourth-order valence-electron chi connectivity index (χ4n) is 6.11. The van der Waals surface area contributed by atoms with E-state index in [1.165, 1.54) is 36.7 Å². The molecule has 0 heterocycles. The average Bonchev–Trinajstić information content (AvgIpc) is 3.08. The Labute approximate surface area is 255 Å². The first-order valence-electron chi connectivity index (χ1n) is 13.9. The number of rotatable bonds is 9. The van der Waals surface area contributed by atoms with E-state index in [2.05, 4.69) is 182 Å². The minimum atomic E-state index is -4.01. The molecule has 0 radical (unpaired) electrons. The van der Waals surface area contributed by atoms with Gasteiger partial charge in [-0.2, -0.15) is 0 Å². The summed E-state index contributed by atoms with van der Waals surface area (Å²) in [6.45, 7) is 0. The van der Waals surface area contributed by atoms with E-state index in [0.717, 1.165) is 0 Å². The molecule has 0 aliphatic carbocycles. The normalized spacial score (nSPS) is 14.7. The Morgan fingerprint density at radius 3 is 0.667 bits per heavy atom. The summed E-state index contributed by atoms with van der Waals surface area (Å²) in [6.07, 6.45) is 0. The predicted octanol–water partition coefficient (Wildman–Crippen LogP) is 6.77. The number of halogens is 1. The molecule has 0 atom stereocenters. The van der Waals surface area contributed by atoms with Gasteiger partial charge in [-0.05, 0) is 0 Å². The molecule has 0 saturated carbocycles. The predicted molar refractivity (Wildman–Crippen MR) is 186 cm³/mol. The van der Waals surface area contributed by atoms with Gasteiger partial charge in [0.25, 0.3) is 0 Å². The van der Waals surface area contributed by atoms with Crippen LogP contribution >= 0.6 is 20.9 Å². The van der Waals surface area contributed by atoms with Crippen LogP contribution < -0.4 is 31.8 Å². The van der Waals surface area contributed by atoms with Crippen LogP contribution in [-0.4, -0.2) is 4.88 Å². The van der Waals surface area contributed by atoms with Crippen LogP contribution in [0.4, 0.5) is 0 Å². The molecule has 42 heavy (non-hydrogen) atoms. The summed E-state index contributed by atoms with van der Waals surface area (Å²) >= 11 is -4.01. The van der Waals surface area contributed by atoms with Crippen LogP contribution in [0.1, 0.15) is 0 Å². The van der Waals surface area contributed by atoms with E-state index in [9.17, 15) is 4.79 Å². The zero-order chi connectivity index (χ0) is 28.9. The second-order valence-electron chi connectivity index (χ2n) is 10.00. The fraction of sp³-hybridized carbons (Fsp3) is 0. The van der Waals surface area contributed by atoms with Crippen molar-refractivity contribution in [2.45, 2.75) is 0 Å². The molecule has 0 spiro atoms. The van der Waals surface area contributed by atoms with Gasteiger partial charge in [-0.1, -0.05) is 0 Å². The molecule has 0 aliphatic heterocycles. The van der Waals surface area contributed by atoms with E-state index in [-0.39, 0.29) is 0 Å². The van der Waals surface area contributed by atoms with Crippen molar-refractivity contribution < 1.29 is 17.6 Å². The van der Waals surface area contributed by atoms with Crippen molar-refractivity contribution in [3.63, 3.8) is 0 Å². The van der Waals surface area contributed by atoms with Crippen molar-refractivity contribution in [1.29, 1.82) is 0 Å². The summed E-state index contributed by atoms with van der Waals surface area (Å²) in [6, 6.07) is 64.0. The van der Waals surface area contributed by atoms with Crippen molar-refractivity contribution in [1.82, 2.24) is 0 Å². The Bertz CT molecular complexity index is 1420. The van der Waals surface area contributed by atoms with Crippen LogP contribution in [0.3, 0.4) is 0 Å². The van der Waals surface area contributed by atoms with Gasteiger partial charge >= 0.3 is 257 Å². The van der Waals surface area contributed by atoms with Crippen molar-refractivity contribution >= 4 is 57.6 Å². The van der Waals surface area contributed by atoms with Gasteiger partial charge in [0.1, 0.15) is 0 Å². The molecule has 0 unspecified atom stereocenters. The number of benzene rings is 6. The zero-order valence-corrected chi connectivity index (χ0v) is 27.4. The average molecular weight is 694 g/mol. The third-order valence-corrected chi connectivity index (χ3v) is 52.5. The van der Waals surface area contributed by atoms with Gasteiger partial charge < -0.3 is 0 Å². The maximum absolute atomic E-state index is 14.6. The third kappa shape index (κ3) is 4.54. The van der Waals surface area contributed by atoms with Crippen LogP contribution in [0.2, 0.25) is 0 Å². The topological polar surface area (TPSA) is 17.1 Å². The first kappa shape index (κ1) is 28.9. The minimum absolute atomic E-state index is 1.17. The fourth-order valence-corrected chi connectivity index (χ4v) is 60.7. The van der Waals surface area contributed by atoms with Crippen LogP contribution in [0.5, 0.6) is 0 Å². The summed E-state index contributed by atoms with van der Waals surface area (Å²) < 4.78 is 0. The van der Waals surface area contributed by atoms with Gasteiger partial charge in [0.05, 0.1) is 0 Å². The second kappa shape index (κ2) is 12.6. The number of carbonyl (C=O) groups is 1. The van der Waals surface area contributed by atoms with Crippen molar-refractivity contribution in [2.75, 3.05) is 0 Å². The monoisotopic (exact) mass is 693 g/mol. The second-order valence-corrected chi connectivity index (χ2v) is 39.1. The van der Waals surface area contributed by atoms with E-state index in [4.69, 9.17) is 9.69 Å². The molecule has 1 nitrogen and oxygen atoms in total. The van der Waals surface area contributed by atoms with E-state index >= 15 is 0 Å². The molecule has 6 rings (SSSR count). The molecule has 0 saturated heterocycles. The summed E-state index contributed by atoms with van der Waals surface area (Å²) in [5.41, 5.74) is -6.48. The van der Waals surface area contributed by atoms with E-state index in [0.29, 0.717) is 0 Å². The SMILES string of the molecule is O=[CH][Rh]([Cl])([PH](c1ccccc1)(c1ccccc1)c1ccccc1)[PH](c1ccccc1)(c1ccccc1)c1ccccc1. The van der Waals surface area contributed by atoms with Crippen molar-refractivity contribution in [2.24, 2.45) is 0 Å². The Morgan fingerprint density at radius 1 is 0.357 bits per heavy atom. The van der Waals surface area contributed by atoms with E-state index in [1.54, 1.807) is 0 Å². The molecular formula is C37H33ClOP2Rh. The summed E-state index contributed by atoms with van der Waals surface area (Å²) in [5.74, 6) is 0. The van der Waals surface area contributed by atoms with Gasteiger partial charge in [-0.3, -0.25) is 0 Å². The Morgan fingerprint density at radius 2 is 0.524 bits per heavy atom. The molecule has 6 aromatic carbocycles. The van der Waals surface area contributed by atoms with E-state index < -0.39 is 24.0 Å². The van der Waals surface area contributed by atoms with Crippen LogP contribution in [0.25, 0.3) is 0 Å².